The molecule has 14 nitrogen and oxygen atoms in total. The molecule has 5 rings (SSSR count). The molecule has 5 heterocycles. The highest BCUT2D eigenvalue weighted by atomic mass is 32.2. The van der Waals surface area contributed by atoms with Crippen molar-refractivity contribution < 1.29 is 38.8 Å². The van der Waals surface area contributed by atoms with Gasteiger partial charge >= 0.3 is 0 Å². The van der Waals surface area contributed by atoms with E-state index in [9.17, 15) is 29.4 Å². The number of hydrogen-bond acceptors (Lipinski definition) is 12. The second kappa shape index (κ2) is 11.0. The summed E-state index contributed by atoms with van der Waals surface area (Å²) >= 11 is 2.37. The van der Waals surface area contributed by atoms with Gasteiger partial charge in [0.25, 0.3) is 17.7 Å². The van der Waals surface area contributed by atoms with E-state index in [0.29, 0.717) is 24.1 Å². The van der Waals surface area contributed by atoms with E-state index >= 15 is 0 Å². The summed E-state index contributed by atoms with van der Waals surface area (Å²) in [4.78, 5) is 60.6. The minimum Gasteiger partial charge on any atom is -0.543 e. The molecule has 3 aliphatic heterocycles. The van der Waals surface area contributed by atoms with Crippen LogP contribution in [-0.4, -0.2) is 74.2 Å². The van der Waals surface area contributed by atoms with Gasteiger partial charge in [-0.15, -0.1) is 23.1 Å². The molecular weight excluding hydrogens is 550 g/mol. The van der Waals surface area contributed by atoms with Gasteiger partial charge in [-0.3, -0.25) is 19.3 Å². The average molecular weight is 574 g/mol. The van der Waals surface area contributed by atoms with Gasteiger partial charge < -0.3 is 36.2 Å². The van der Waals surface area contributed by atoms with E-state index < -0.39 is 35.3 Å². The van der Waals surface area contributed by atoms with Gasteiger partial charge in [-0.2, -0.15) is 0 Å². The van der Waals surface area contributed by atoms with Crippen molar-refractivity contribution in [1.29, 1.82) is 0 Å². The number of aliphatic hydroxyl groups is 1. The lowest BCUT2D eigenvalue weighted by Gasteiger charge is -2.50. The number of carbonyl (C=O) groups is 4. The molecule has 0 saturated carbocycles. The average Bonchev–Trinajstić information content (AvgIpc) is 3.54. The molecule has 0 radical (unpaired) electrons. The van der Waals surface area contributed by atoms with E-state index in [0.717, 1.165) is 16.2 Å². The summed E-state index contributed by atoms with van der Waals surface area (Å²) in [6.45, 7) is 0.493. The number of fused-ring (bicyclic) bond motifs is 1. The topological polar surface area (TPSA) is 203 Å². The molecule has 2 saturated heterocycles. The van der Waals surface area contributed by atoms with E-state index in [1.54, 1.807) is 29.1 Å². The Hall–Kier alpha value is -4.02. The number of nitrogens with zero attached hydrogens (tertiary/aromatic N) is 4. The number of aliphatic carboxylic acids is 1. The van der Waals surface area contributed by atoms with Crippen LogP contribution in [0.25, 0.3) is 0 Å². The molecule has 3 amide bonds. The van der Waals surface area contributed by atoms with E-state index in [2.05, 4.69) is 20.8 Å². The number of carbonyl (C=O) groups excluding carboxylic acids is 4. The highest BCUT2D eigenvalue weighted by Crippen LogP contribution is 2.40. The minimum atomic E-state index is -1.50. The molecule has 3 atom stereocenters. The first kappa shape index (κ1) is 26.6. The second-order valence-corrected chi connectivity index (χ2v) is 10.8. The zero-order valence-corrected chi connectivity index (χ0v) is 21.9. The van der Waals surface area contributed by atoms with E-state index in [1.165, 1.54) is 17.1 Å². The standard InChI is InChI=1S/C23H23N7O7S2/c24-23-26-13(10-39-23)15(28-37-14-1-4-25-18(14)32)19(33)27-16-20(34)30-17(22(35)36)12(9-38-21(16)30)7-29-5-2-11(8-31)3-6-29/h2-3,5-6,10,14,16,21,31H,1,4,7-9H2,(H4-,24,25,26,27,32,33,35,36)/b28-15-/t14?,16-,21+/m1/s1. The van der Waals surface area contributed by atoms with Crippen molar-refractivity contribution in [3.8, 4) is 0 Å². The van der Waals surface area contributed by atoms with Crippen LogP contribution in [0.5, 0.6) is 0 Å². The molecule has 0 spiro atoms. The number of nitrogen functional groups attached to an aromatic ring is 1. The number of rotatable bonds is 9. The van der Waals surface area contributed by atoms with Gasteiger partial charge in [0.15, 0.2) is 29.8 Å². The monoisotopic (exact) mass is 573 g/mol. The Morgan fingerprint density at radius 3 is 2.74 bits per heavy atom. The van der Waals surface area contributed by atoms with Crippen molar-refractivity contribution in [2.75, 3.05) is 18.0 Å². The maximum Gasteiger partial charge on any atom is 0.276 e. The number of aliphatic hydroxyl groups excluding tert-OH is 1. The van der Waals surface area contributed by atoms with Crippen molar-refractivity contribution in [3.63, 3.8) is 0 Å². The number of thioether (sulfide) groups is 1. The van der Waals surface area contributed by atoms with Crippen molar-refractivity contribution in [2.45, 2.75) is 37.1 Å². The molecule has 0 aromatic carbocycles. The SMILES string of the molecule is Nc1nc(/C(=N/OC2CCNC2=O)C(=O)N[C@@H]2C(=O)N3C(C(=O)[O-])=C(C[n+]4ccc(CO)cc4)CS[C@@H]23)cs1. The predicted octanol–water partition coefficient (Wildman–Crippen LogP) is -2.78. The van der Waals surface area contributed by atoms with Crippen LogP contribution in [0.4, 0.5) is 5.13 Å². The van der Waals surface area contributed by atoms with Crippen LogP contribution in [0.15, 0.2) is 46.3 Å². The van der Waals surface area contributed by atoms with Crippen LogP contribution in [0, 0.1) is 0 Å². The first-order chi connectivity index (χ1) is 18.8. The third kappa shape index (κ3) is 5.30. The van der Waals surface area contributed by atoms with Crippen LogP contribution in [0.1, 0.15) is 17.7 Å². The minimum absolute atomic E-state index is 0.107. The van der Waals surface area contributed by atoms with Crippen LogP contribution in [-0.2, 0) is 37.2 Å². The number of pyridine rings is 1. The highest BCUT2D eigenvalue weighted by Gasteiger charge is 2.53. The number of carboxylic acid groups (broad SMARTS) is 1. The summed E-state index contributed by atoms with van der Waals surface area (Å²) in [6.07, 6.45) is 2.90. The quantitative estimate of drug-likeness (QED) is 0.105. The van der Waals surface area contributed by atoms with Crippen LogP contribution in [0.3, 0.4) is 0 Å². The van der Waals surface area contributed by atoms with Gasteiger partial charge in [-0.25, -0.2) is 9.55 Å². The number of nitrogens with two attached hydrogens (primary N) is 1. The van der Waals surface area contributed by atoms with E-state index in [4.69, 9.17) is 10.6 Å². The fourth-order valence-corrected chi connectivity index (χ4v) is 6.19. The fraction of sp³-hybridized carbons (Fsp3) is 0.348. The zero-order chi connectivity index (χ0) is 27.7. The molecule has 16 heteroatoms. The van der Waals surface area contributed by atoms with Crippen molar-refractivity contribution >= 4 is 57.6 Å². The fourth-order valence-electron chi connectivity index (χ4n) is 4.31. The van der Waals surface area contributed by atoms with Crippen LogP contribution < -0.4 is 26.0 Å². The van der Waals surface area contributed by atoms with Gasteiger partial charge in [-0.1, -0.05) is 5.16 Å². The number of thiazole rings is 1. The molecule has 204 valence electrons. The van der Waals surface area contributed by atoms with Crippen LogP contribution in [0.2, 0.25) is 0 Å². The Labute approximate surface area is 229 Å². The molecule has 1 unspecified atom stereocenters. The molecule has 2 aromatic heterocycles. The Kier molecular flexibility index (Phi) is 7.49. The largest absolute Gasteiger partial charge is 0.543 e. The lowest BCUT2D eigenvalue weighted by Crippen LogP contribution is -2.71. The number of aromatic nitrogens is 2. The summed E-state index contributed by atoms with van der Waals surface area (Å²) in [6, 6.07) is 2.37. The number of oxime groups is 1. The van der Waals surface area contributed by atoms with Crippen molar-refractivity contribution in [1.82, 2.24) is 20.5 Å². The Morgan fingerprint density at radius 1 is 1.36 bits per heavy atom. The smallest absolute Gasteiger partial charge is 0.276 e. The van der Waals surface area contributed by atoms with E-state index in [1.807, 2.05) is 0 Å². The maximum absolute atomic E-state index is 13.2. The molecular formula is C23H23N7O7S2. The number of anilines is 1. The number of carboxylic acids is 1. The first-order valence-corrected chi connectivity index (χ1v) is 13.7. The summed E-state index contributed by atoms with van der Waals surface area (Å²) < 4.78 is 1.73. The van der Waals surface area contributed by atoms with Gasteiger partial charge in [-0.05, 0) is 5.56 Å². The first-order valence-electron chi connectivity index (χ1n) is 11.8. The van der Waals surface area contributed by atoms with Crippen molar-refractivity contribution in [2.24, 2.45) is 5.16 Å². The second-order valence-electron chi connectivity index (χ2n) is 8.82. The Morgan fingerprint density at radius 2 is 2.13 bits per heavy atom. The molecule has 0 aliphatic carbocycles. The Balaban J connectivity index is 1.33. The van der Waals surface area contributed by atoms with Crippen molar-refractivity contribution in [3.05, 3.63) is 52.4 Å². The number of amides is 3. The molecule has 5 N–H and O–H groups in total. The van der Waals surface area contributed by atoms with Gasteiger partial charge in [0, 0.05) is 41.8 Å². The summed E-state index contributed by atoms with van der Waals surface area (Å²) in [5.41, 5.74) is 6.48. The number of nitrogens with one attached hydrogen (secondary N) is 2. The van der Waals surface area contributed by atoms with Gasteiger partial charge in [0.2, 0.25) is 6.10 Å². The lowest BCUT2D eigenvalue weighted by molar-refractivity contribution is -0.689. The normalized spacial score (nSPS) is 22.7. The highest BCUT2D eigenvalue weighted by molar-refractivity contribution is 8.00. The summed E-state index contributed by atoms with van der Waals surface area (Å²) in [5.74, 6) is -2.99. The van der Waals surface area contributed by atoms with Gasteiger partial charge in [0.05, 0.1) is 18.3 Å². The molecule has 2 fully saturated rings. The molecule has 2 aromatic rings. The third-order valence-corrected chi connectivity index (χ3v) is 8.31. The maximum atomic E-state index is 13.2. The molecule has 39 heavy (non-hydrogen) atoms. The number of hydrogen-bond donors (Lipinski definition) is 4. The van der Waals surface area contributed by atoms with Gasteiger partial charge in [0.1, 0.15) is 17.1 Å². The third-order valence-electron chi connectivity index (χ3n) is 6.29. The van der Waals surface area contributed by atoms with Crippen LogP contribution >= 0.6 is 23.1 Å². The Bertz CT molecular complexity index is 1390. The van der Waals surface area contributed by atoms with E-state index in [-0.39, 0.29) is 47.0 Å². The molecule has 3 aliphatic rings. The summed E-state index contributed by atoms with van der Waals surface area (Å²) in [7, 11) is 0. The predicted molar refractivity (Wildman–Crippen MR) is 135 cm³/mol. The summed E-state index contributed by atoms with van der Waals surface area (Å²) in [5, 5.41) is 31.3. The molecule has 0 bridgehead atoms. The lowest BCUT2D eigenvalue weighted by atomic mass is 10.0. The number of β-lactam (4-membered cyclic amide) rings is 1. The zero-order valence-electron chi connectivity index (χ0n) is 20.2.